The lowest BCUT2D eigenvalue weighted by molar-refractivity contribution is -0.0777. The van der Waals surface area contributed by atoms with Gasteiger partial charge in [-0.2, -0.15) is 0 Å². The molecule has 2 amide bonds. The summed E-state index contributed by atoms with van der Waals surface area (Å²) in [5.41, 5.74) is -0.0508. The van der Waals surface area contributed by atoms with Gasteiger partial charge in [-0.1, -0.05) is 0 Å². The van der Waals surface area contributed by atoms with Gasteiger partial charge in [0.15, 0.2) is 0 Å². The summed E-state index contributed by atoms with van der Waals surface area (Å²) in [7, 11) is 0. The molecule has 1 aromatic rings. The van der Waals surface area contributed by atoms with Crippen LogP contribution in [0.15, 0.2) is 18.2 Å². The maximum atomic E-state index is 13.5. The van der Waals surface area contributed by atoms with E-state index in [-0.39, 0.29) is 23.9 Å². The average molecular weight is 327 g/mol. The molecule has 1 aromatic carbocycles. The van der Waals surface area contributed by atoms with Crippen LogP contribution in [0.4, 0.5) is 19.3 Å². The van der Waals surface area contributed by atoms with Crippen LogP contribution in [0.3, 0.4) is 0 Å². The lowest BCUT2D eigenvalue weighted by Crippen LogP contribution is -2.52. The first-order valence-corrected chi connectivity index (χ1v) is 7.74. The molecule has 128 valence electrons. The number of urea groups is 1. The zero-order valence-electron chi connectivity index (χ0n) is 13.6. The minimum atomic E-state index is -0.802. The molecule has 23 heavy (non-hydrogen) atoms. The smallest absolute Gasteiger partial charge is 0.319 e. The Labute approximate surface area is 135 Å². The van der Waals surface area contributed by atoms with E-state index in [1.807, 2.05) is 20.8 Å². The number of ether oxygens (including phenoxy) is 1. The Hall–Kier alpha value is -1.73. The molecule has 1 aliphatic heterocycles. The van der Waals surface area contributed by atoms with Crippen molar-refractivity contribution in [2.45, 2.75) is 39.0 Å². The van der Waals surface area contributed by atoms with E-state index >= 15 is 0 Å². The van der Waals surface area contributed by atoms with Gasteiger partial charge < -0.3 is 15.4 Å². The molecule has 5 nitrogen and oxygen atoms in total. The van der Waals surface area contributed by atoms with Gasteiger partial charge in [0.1, 0.15) is 11.6 Å². The van der Waals surface area contributed by atoms with Gasteiger partial charge in [-0.15, -0.1) is 0 Å². The molecule has 2 rings (SSSR count). The number of morpholine rings is 1. The molecule has 7 heteroatoms. The third-order valence-electron chi connectivity index (χ3n) is 3.81. The van der Waals surface area contributed by atoms with Gasteiger partial charge in [-0.05, 0) is 32.9 Å². The third-order valence-corrected chi connectivity index (χ3v) is 3.81. The molecule has 0 aromatic heterocycles. The summed E-state index contributed by atoms with van der Waals surface area (Å²) in [5, 5.41) is 5.09. The van der Waals surface area contributed by atoms with Crippen molar-refractivity contribution < 1.29 is 18.3 Å². The number of nitrogens with one attached hydrogen (secondary N) is 2. The van der Waals surface area contributed by atoms with Crippen LogP contribution < -0.4 is 10.6 Å². The van der Waals surface area contributed by atoms with Crippen molar-refractivity contribution >= 4 is 11.7 Å². The fourth-order valence-corrected chi connectivity index (χ4v) is 2.70. The number of nitrogens with zero attached hydrogens (tertiary/aromatic N) is 1. The highest BCUT2D eigenvalue weighted by atomic mass is 19.1. The van der Waals surface area contributed by atoms with Crippen LogP contribution in [0.5, 0.6) is 0 Å². The van der Waals surface area contributed by atoms with Crippen LogP contribution in [-0.4, -0.2) is 48.8 Å². The van der Waals surface area contributed by atoms with E-state index in [2.05, 4.69) is 15.5 Å². The summed E-state index contributed by atoms with van der Waals surface area (Å²) in [5.74, 6) is -1.48. The van der Waals surface area contributed by atoms with E-state index in [1.165, 1.54) is 6.07 Å². The Bertz CT molecular complexity index is 546. The molecular formula is C16H23F2N3O2. The SMILES string of the molecule is CC1CN(C(C)CNC(=O)Nc2ccc(F)cc2F)CC(C)O1. The minimum Gasteiger partial charge on any atom is -0.373 e. The van der Waals surface area contributed by atoms with Gasteiger partial charge in [0, 0.05) is 31.7 Å². The molecule has 0 radical (unpaired) electrons. The summed E-state index contributed by atoms with van der Waals surface area (Å²) < 4.78 is 32.0. The normalized spacial score (nSPS) is 23.3. The van der Waals surface area contributed by atoms with Crippen molar-refractivity contribution in [2.24, 2.45) is 0 Å². The predicted molar refractivity (Wildman–Crippen MR) is 84.4 cm³/mol. The Kier molecular flexibility index (Phi) is 5.90. The molecule has 2 N–H and O–H groups in total. The Balaban J connectivity index is 1.81. The predicted octanol–water partition coefficient (Wildman–Crippen LogP) is 2.58. The molecule has 1 fully saturated rings. The van der Waals surface area contributed by atoms with Gasteiger partial charge >= 0.3 is 6.03 Å². The van der Waals surface area contributed by atoms with Crippen LogP contribution in [0, 0.1) is 11.6 Å². The highest BCUT2D eigenvalue weighted by Gasteiger charge is 2.25. The highest BCUT2D eigenvalue weighted by molar-refractivity contribution is 5.89. The largest absolute Gasteiger partial charge is 0.373 e. The van der Waals surface area contributed by atoms with E-state index in [9.17, 15) is 13.6 Å². The van der Waals surface area contributed by atoms with E-state index in [0.29, 0.717) is 6.54 Å². The monoisotopic (exact) mass is 327 g/mol. The molecular weight excluding hydrogens is 304 g/mol. The number of rotatable bonds is 4. The van der Waals surface area contributed by atoms with Crippen molar-refractivity contribution in [2.75, 3.05) is 25.0 Å². The minimum absolute atomic E-state index is 0.0508. The molecule has 0 bridgehead atoms. The number of hydrogen-bond donors (Lipinski definition) is 2. The fraction of sp³-hybridized carbons (Fsp3) is 0.562. The van der Waals surface area contributed by atoms with Crippen molar-refractivity contribution in [3.63, 3.8) is 0 Å². The number of anilines is 1. The number of hydrogen-bond acceptors (Lipinski definition) is 3. The molecule has 0 saturated carbocycles. The molecule has 3 atom stereocenters. The van der Waals surface area contributed by atoms with Crippen LogP contribution in [0.1, 0.15) is 20.8 Å². The number of carbonyl (C=O) groups excluding carboxylic acids is 1. The Morgan fingerprint density at radius 3 is 2.61 bits per heavy atom. The van der Waals surface area contributed by atoms with Crippen molar-refractivity contribution in [1.82, 2.24) is 10.2 Å². The molecule has 0 spiro atoms. The second-order valence-electron chi connectivity index (χ2n) is 6.02. The van der Waals surface area contributed by atoms with Gasteiger partial charge in [0.25, 0.3) is 0 Å². The quantitative estimate of drug-likeness (QED) is 0.894. The standard InChI is InChI=1S/C16H23F2N3O2/c1-10(21-8-11(2)23-12(3)9-21)7-19-16(22)20-15-5-4-13(17)6-14(15)18/h4-6,10-12H,7-9H2,1-3H3,(H2,19,20,22). The molecule has 1 heterocycles. The summed E-state index contributed by atoms with van der Waals surface area (Å²) >= 11 is 0. The van der Waals surface area contributed by atoms with Gasteiger partial charge in [-0.25, -0.2) is 13.6 Å². The van der Waals surface area contributed by atoms with Crippen molar-refractivity contribution in [3.05, 3.63) is 29.8 Å². The summed E-state index contributed by atoms with van der Waals surface area (Å²) in [6.07, 6.45) is 0.312. The van der Waals surface area contributed by atoms with E-state index in [0.717, 1.165) is 25.2 Å². The van der Waals surface area contributed by atoms with Crippen molar-refractivity contribution in [1.29, 1.82) is 0 Å². The number of carbonyl (C=O) groups is 1. The maximum absolute atomic E-state index is 13.5. The second-order valence-corrected chi connectivity index (χ2v) is 6.02. The third kappa shape index (κ3) is 5.14. The van der Waals surface area contributed by atoms with Gasteiger partial charge in [0.2, 0.25) is 0 Å². The summed E-state index contributed by atoms with van der Waals surface area (Å²) in [6.45, 7) is 8.10. The first-order chi connectivity index (χ1) is 10.8. The average Bonchev–Trinajstić information content (AvgIpc) is 2.46. The van der Waals surface area contributed by atoms with Gasteiger partial charge in [-0.3, -0.25) is 4.90 Å². The van der Waals surface area contributed by atoms with Crippen LogP contribution in [-0.2, 0) is 4.74 Å². The van der Waals surface area contributed by atoms with Crippen LogP contribution >= 0.6 is 0 Å². The van der Waals surface area contributed by atoms with Crippen LogP contribution in [0.25, 0.3) is 0 Å². The number of amides is 2. The topological polar surface area (TPSA) is 53.6 Å². The lowest BCUT2D eigenvalue weighted by Gasteiger charge is -2.38. The molecule has 3 unspecified atom stereocenters. The van der Waals surface area contributed by atoms with E-state index in [1.54, 1.807) is 0 Å². The fourth-order valence-electron chi connectivity index (χ4n) is 2.70. The summed E-state index contributed by atoms with van der Waals surface area (Å²) in [6, 6.07) is 2.63. The number of halogens is 2. The second kappa shape index (κ2) is 7.70. The van der Waals surface area contributed by atoms with Gasteiger partial charge in [0.05, 0.1) is 17.9 Å². The van der Waals surface area contributed by atoms with E-state index < -0.39 is 17.7 Å². The van der Waals surface area contributed by atoms with Crippen LogP contribution in [0.2, 0.25) is 0 Å². The number of benzene rings is 1. The molecule has 1 saturated heterocycles. The highest BCUT2D eigenvalue weighted by Crippen LogP contribution is 2.15. The van der Waals surface area contributed by atoms with E-state index in [4.69, 9.17) is 4.74 Å². The van der Waals surface area contributed by atoms with Crippen molar-refractivity contribution in [3.8, 4) is 0 Å². The Morgan fingerprint density at radius 1 is 1.35 bits per heavy atom. The maximum Gasteiger partial charge on any atom is 0.319 e. The molecule has 1 aliphatic rings. The Morgan fingerprint density at radius 2 is 2.00 bits per heavy atom. The summed E-state index contributed by atoms with van der Waals surface area (Å²) in [4.78, 5) is 14.1. The zero-order chi connectivity index (χ0) is 17.0. The molecule has 0 aliphatic carbocycles. The lowest BCUT2D eigenvalue weighted by atomic mass is 10.2. The first-order valence-electron chi connectivity index (χ1n) is 7.74. The zero-order valence-corrected chi connectivity index (χ0v) is 13.6. The first kappa shape index (κ1) is 17.6.